The summed E-state index contributed by atoms with van der Waals surface area (Å²) in [6.45, 7) is 22.2. The van der Waals surface area contributed by atoms with Gasteiger partial charge in [-0.3, -0.25) is 4.79 Å². The SMILES string of the molecule is CCCCCC(/C=C/[C@H]1CC[C@H](O[Si](C)(C)C)[C@@H]1C/C=C\CCCC(=O)O[Si](C)(C)C)O[Si](C)(C)C. The molecule has 0 aromatic carbocycles. The van der Waals surface area contributed by atoms with Gasteiger partial charge in [-0.2, -0.15) is 0 Å². The van der Waals surface area contributed by atoms with Crippen LogP contribution in [0.1, 0.15) is 71.1 Å². The Balaban J connectivity index is 2.77. The van der Waals surface area contributed by atoms with Gasteiger partial charge in [0.05, 0.1) is 6.10 Å². The second-order valence-corrected chi connectivity index (χ2v) is 26.9. The smallest absolute Gasteiger partial charge is 0.292 e. The molecule has 0 bridgehead atoms. The van der Waals surface area contributed by atoms with Crippen LogP contribution in [-0.2, 0) is 18.1 Å². The maximum Gasteiger partial charge on any atom is 0.292 e. The molecule has 0 aromatic heterocycles. The lowest BCUT2D eigenvalue weighted by molar-refractivity contribution is -0.135. The molecule has 1 unspecified atom stereocenters. The molecule has 1 saturated carbocycles. The highest BCUT2D eigenvalue weighted by Crippen LogP contribution is 2.39. The van der Waals surface area contributed by atoms with Gasteiger partial charge in [-0.05, 0) is 109 Å². The van der Waals surface area contributed by atoms with Gasteiger partial charge in [0.15, 0.2) is 16.6 Å². The molecule has 0 heterocycles. The summed E-state index contributed by atoms with van der Waals surface area (Å²) in [7, 11) is -4.97. The zero-order valence-electron chi connectivity index (χ0n) is 25.3. The molecular formula is C29H58O4Si3. The first kappa shape index (κ1) is 33.5. The Morgan fingerprint density at radius 3 is 2.17 bits per heavy atom. The van der Waals surface area contributed by atoms with E-state index in [1.54, 1.807) is 0 Å². The van der Waals surface area contributed by atoms with Crippen molar-refractivity contribution in [3.63, 3.8) is 0 Å². The Morgan fingerprint density at radius 2 is 1.58 bits per heavy atom. The van der Waals surface area contributed by atoms with E-state index in [1.807, 2.05) is 0 Å². The van der Waals surface area contributed by atoms with E-state index < -0.39 is 25.0 Å². The molecular weight excluding hydrogens is 497 g/mol. The monoisotopic (exact) mass is 554 g/mol. The standard InChI is InChI=1S/C29H58O4Si3/c1-11-12-15-18-26(31-34(2,3)4)23-21-25-22-24-28(32-35(5,6)7)27(25)19-16-13-14-17-20-29(30)33-36(8,9)10/h13,16,21,23,25-28H,11-12,14-15,17-20,22,24H2,1-10H3/b16-13-,23-21+/t25-,26?,27+,28-/m0/s1. The summed E-state index contributed by atoms with van der Waals surface area (Å²) in [6, 6.07) is 0. The zero-order valence-corrected chi connectivity index (χ0v) is 28.3. The van der Waals surface area contributed by atoms with Crippen LogP contribution in [0.2, 0.25) is 58.9 Å². The first-order chi connectivity index (χ1) is 16.6. The Morgan fingerprint density at radius 1 is 0.889 bits per heavy atom. The summed E-state index contributed by atoms with van der Waals surface area (Å²) in [5.41, 5.74) is 0. The lowest BCUT2D eigenvalue weighted by Gasteiger charge is -2.29. The van der Waals surface area contributed by atoms with E-state index in [1.165, 1.54) is 25.7 Å². The van der Waals surface area contributed by atoms with Crippen molar-refractivity contribution in [2.24, 2.45) is 11.8 Å². The summed E-state index contributed by atoms with van der Waals surface area (Å²) in [5, 5.41) is 0. The van der Waals surface area contributed by atoms with E-state index in [0.29, 0.717) is 24.4 Å². The number of hydrogen-bond acceptors (Lipinski definition) is 4. The van der Waals surface area contributed by atoms with Gasteiger partial charge in [0.25, 0.3) is 5.97 Å². The minimum absolute atomic E-state index is 0.0406. The Bertz CT molecular complexity index is 686. The molecule has 0 amide bonds. The fraction of sp³-hybridized carbons (Fsp3) is 0.828. The molecule has 1 aliphatic rings. The van der Waals surface area contributed by atoms with Crippen LogP contribution in [0.15, 0.2) is 24.3 Å². The molecule has 0 saturated heterocycles. The van der Waals surface area contributed by atoms with E-state index in [4.69, 9.17) is 13.3 Å². The van der Waals surface area contributed by atoms with Gasteiger partial charge in [-0.25, -0.2) is 0 Å². The third-order valence-electron chi connectivity index (χ3n) is 6.23. The fourth-order valence-corrected chi connectivity index (χ4v) is 7.96. The van der Waals surface area contributed by atoms with Crippen LogP contribution >= 0.6 is 0 Å². The van der Waals surface area contributed by atoms with E-state index in [9.17, 15) is 4.79 Å². The quantitative estimate of drug-likeness (QED) is 0.102. The van der Waals surface area contributed by atoms with Gasteiger partial charge in [-0.15, -0.1) is 0 Å². The minimum atomic E-state index is -1.78. The van der Waals surface area contributed by atoms with E-state index in [2.05, 4.69) is 90.2 Å². The van der Waals surface area contributed by atoms with Gasteiger partial charge in [-0.1, -0.05) is 50.5 Å². The molecule has 1 aliphatic carbocycles. The van der Waals surface area contributed by atoms with Crippen molar-refractivity contribution in [3.05, 3.63) is 24.3 Å². The number of rotatable bonds is 17. The minimum Gasteiger partial charge on any atom is -0.520 e. The van der Waals surface area contributed by atoms with Crippen molar-refractivity contribution in [2.75, 3.05) is 0 Å². The van der Waals surface area contributed by atoms with Crippen LogP contribution in [-0.4, -0.2) is 43.1 Å². The van der Waals surface area contributed by atoms with Crippen molar-refractivity contribution in [1.82, 2.24) is 0 Å². The number of hydrogen-bond donors (Lipinski definition) is 0. The second-order valence-electron chi connectivity index (χ2n) is 13.5. The first-order valence-corrected chi connectivity index (χ1v) is 24.7. The molecule has 36 heavy (non-hydrogen) atoms. The highest BCUT2D eigenvalue weighted by molar-refractivity contribution is 6.71. The van der Waals surface area contributed by atoms with E-state index in [-0.39, 0.29) is 12.1 Å². The van der Waals surface area contributed by atoms with Crippen molar-refractivity contribution in [2.45, 2.75) is 142 Å². The van der Waals surface area contributed by atoms with Crippen molar-refractivity contribution < 1.29 is 18.1 Å². The summed E-state index contributed by atoms with van der Waals surface area (Å²) in [5.74, 6) is 1.02. The lowest BCUT2D eigenvalue weighted by Crippen LogP contribution is -2.35. The molecule has 7 heteroatoms. The summed E-state index contributed by atoms with van der Waals surface area (Å²) in [6.07, 6.45) is 20.6. The Kier molecular flexibility index (Phi) is 14.7. The third kappa shape index (κ3) is 16.4. The first-order valence-electron chi connectivity index (χ1n) is 14.5. The van der Waals surface area contributed by atoms with Crippen molar-refractivity contribution >= 4 is 30.9 Å². The fourth-order valence-electron chi connectivity index (χ4n) is 4.87. The third-order valence-corrected chi connectivity index (χ3v) is 9.09. The highest BCUT2D eigenvalue weighted by atomic mass is 28.4. The van der Waals surface area contributed by atoms with Crippen molar-refractivity contribution in [3.8, 4) is 0 Å². The zero-order chi connectivity index (χ0) is 27.4. The van der Waals surface area contributed by atoms with Crippen LogP contribution < -0.4 is 0 Å². The average Bonchev–Trinajstić information content (AvgIpc) is 3.06. The van der Waals surface area contributed by atoms with Crippen LogP contribution in [0, 0.1) is 11.8 Å². The topological polar surface area (TPSA) is 44.8 Å². The highest BCUT2D eigenvalue weighted by Gasteiger charge is 2.37. The molecule has 0 radical (unpaired) electrons. The van der Waals surface area contributed by atoms with Gasteiger partial charge in [0, 0.05) is 12.5 Å². The maximum absolute atomic E-state index is 12.0. The lowest BCUT2D eigenvalue weighted by atomic mass is 9.90. The summed E-state index contributed by atoms with van der Waals surface area (Å²) < 4.78 is 18.7. The van der Waals surface area contributed by atoms with Crippen LogP contribution in [0.25, 0.3) is 0 Å². The number of carbonyl (C=O) groups excluding carboxylic acids is 1. The normalized spacial score (nSPS) is 22.6. The van der Waals surface area contributed by atoms with Crippen molar-refractivity contribution in [1.29, 1.82) is 0 Å². The van der Waals surface area contributed by atoms with Gasteiger partial charge >= 0.3 is 0 Å². The van der Waals surface area contributed by atoms with E-state index in [0.717, 1.165) is 32.1 Å². The van der Waals surface area contributed by atoms with Crippen LogP contribution in [0.4, 0.5) is 0 Å². The maximum atomic E-state index is 12.0. The number of allylic oxidation sites excluding steroid dienone is 3. The molecule has 210 valence electrons. The molecule has 1 fully saturated rings. The summed E-state index contributed by atoms with van der Waals surface area (Å²) in [4.78, 5) is 12.0. The largest absolute Gasteiger partial charge is 0.520 e. The second kappa shape index (κ2) is 15.8. The predicted molar refractivity (Wildman–Crippen MR) is 163 cm³/mol. The Hall–Kier alpha value is -0.479. The van der Waals surface area contributed by atoms with Gasteiger partial charge in [0.2, 0.25) is 8.32 Å². The molecule has 0 N–H and O–H groups in total. The molecule has 0 aromatic rings. The number of carbonyl (C=O) groups is 1. The molecule has 4 nitrogen and oxygen atoms in total. The van der Waals surface area contributed by atoms with Gasteiger partial charge < -0.3 is 13.3 Å². The van der Waals surface area contributed by atoms with E-state index >= 15 is 0 Å². The van der Waals surface area contributed by atoms with Crippen LogP contribution in [0.3, 0.4) is 0 Å². The van der Waals surface area contributed by atoms with Gasteiger partial charge in [0.1, 0.15) is 0 Å². The molecule has 0 spiro atoms. The average molecular weight is 555 g/mol. The number of unbranched alkanes of at least 4 members (excludes halogenated alkanes) is 3. The Labute approximate surface area is 227 Å². The molecule has 4 atom stereocenters. The molecule has 1 rings (SSSR count). The molecule has 0 aliphatic heterocycles. The summed E-state index contributed by atoms with van der Waals surface area (Å²) >= 11 is 0. The van der Waals surface area contributed by atoms with Crippen LogP contribution in [0.5, 0.6) is 0 Å². The predicted octanol–water partition coefficient (Wildman–Crippen LogP) is 9.08.